The predicted octanol–water partition coefficient (Wildman–Crippen LogP) is 5.31. The Balaban J connectivity index is 1.85. The van der Waals surface area contributed by atoms with E-state index in [0.29, 0.717) is 43.7 Å². The lowest BCUT2D eigenvalue weighted by molar-refractivity contribution is 0.0275. The van der Waals surface area contributed by atoms with Crippen LogP contribution in [0.15, 0.2) is 48.5 Å². The van der Waals surface area contributed by atoms with Crippen molar-refractivity contribution in [2.75, 3.05) is 39.5 Å². The quantitative estimate of drug-likeness (QED) is 0.374. The summed E-state index contributed by atoms with van der Waals surface area (Å²) in [6.45, 7) is 7.65. The van der Waals surface area contributed by atoms with E-state index in [4.69, 9.17) is 32.2 Å². The van der Waals surface area contributed by atoms with Crippen molar-refractivity contribution in [2.24, 2.45) is 11.1 Å². The van der Waals surface area contributed by atoms with Crippen LogP contribution >= 0.6 is 11.6 Å². The number of morpholine rings is 1. The Bertz CT molecular complexity index is 1280. The summed E-state index contributed by atoms with van der Waals surface area (Å²) >= 11 is 6.20. The van der Waals surface area contributed by atoms with Crippen molar-refractivity contribution < 1.29 is 18.3 Å². The number of hydrogen-bond donors (Lipinski definition) is 1. The summed E-state index contributed by atoms with van der Waals surface area (Å²) in [6.07, 6.45) is 0.266. The first-order chi connectivity index (χ1) is 19.1. The maximum absolute atomic E-state index is 15.0. The molecule has 216 valence electrons. The second-order valence-corrected chi connectivity index (χ2v) is 11.5. The number of ether oxygens (including phenoxy) is 1. The molecule has 40 heavy (non-hydrogen) atoms. The van der Waals surface area contributed by atoms with Gasteiger partial charge in [0.2, 0.25) is 0 Å². The van der Waals surface area contributed by atoms with Gasteiger partial charge >= 0.3 is 6.03 Å². The van der Waals surface area contributed by atoms with Crippen LogP contribution in [0.2, 0.25) is 5.02 Å². The molecule has 4 rings (SSSR count). The molecule has 0 spiro atoms. The minimum atomic E-state index is -0.709. The summed E-state index contributed by atoms with van der Waals surface area (Å²) in [5.74, 6) is 0.149. The van der Waals surface area contributed by atoms with Crippen molar-refractivity contribution in [1.82, 2.24) is 24.6 Å². The average molecular weight is 575 g/mol. The Morgan fingerprint density at radius 1 is 1.18 bits per heavy atom. The lowest BCUT2D eigenvalue weighted by atomic mass is 9.84. The van der Waals surface area contributed by atoms with Gasteiger partial charge in [0.1, 0.15) is 12.5 Å². The van der Waals surface area contributed by atoms with Crippen molar-refractivity contribution in [1.29, 1.82) is 0 Å². The summed E-state index contributed by atoms with van der Waals surface area (Å²) in [5.41, 5.74) is 6.55. The summed E-state index contributed by atoms with van der Waals surface area (Å²) in [5, 5.41) is 5.08. The second-order valence-electron chi connectivity index (χ2n) is 11.1. The van der Waals surface area contributed by atoms with Crippen LogP contribution < -0.4 is 5.73 Å². The predicted molar refractivity (Wildman–Crippen MR) is 151 cm³/mol. The van der Waals surface area contributed by atoms with Gasteiger partial charge in [-0.3, -0.25) is 0 Å². The molecule has 0 aliphatic carbocycles. The van der Waals surface area contributed by atoms with Crippen LogP contribution in [-0.4, -0.2) is 76.2 Å². The number of amides is 2. The third-order valence-corrected chi connectivity index (χ3v) is 7.12. The first-order valence-electron chi connectivity index (χ1n) is 13.5. The third-order valence-electron chi connectivity index (χ3n) is 6.89. The zero-order valence-electron chi connectivity index (χ0n) is 23.2. The first-order valence-corrected chi connectivity index (χ1v) is 13.8. The molecule has 2 atom stereocenters. The van der Waals surface area contributed by atoms with E-state index in [1.807, 2.05) is 51.1 Å². The average Bonchev–Trinajstić information content (AvgIpc) is 3.34. The van der Waals surface area contributed by atoms with Crippen LogP contribution in [0.25, 0.3) is 11.4 Å². The molecule has 1 fully saturated rings. The van der Waals surface area contributed by atoms with Crippen LogP contribution in [-0.2, 0) is 11.3 Å². The van der Waals surface area contributed by atoms with E-state index in [0.717, 1.165) is 5.56 Å². The number of carbonyl (C=O) groups excluding carboxylic acids is 1. The van der Waals surface area contributed by atoms with Gasteiger partial charge in [-0.1, -0.05) is 62.7 Å². The first kappa shape index (κ1) is 29.9. The van der Waals surface area contributed by atoms with Crippen molar-refractivity contribution in [3.8, 4) is 11.4 Å². The summed E-state index contributed by atoms with van der Waals surface area (Å²) in [6, 6.07) is 12.4. The number of nitrogens with two attached hydrogens (primary N) is 1. The van der Waals surface area contributed by atoms with Gasteiger partial charge < -0.3 is 20.3 Å². The van der Waals surface area contributed by atoms with Gasteiger partial charge in [-0.2, -0.15) is 5.10 Å². The number of alkyl halides is 1. The van der Waals surface area contributed by atoms with E-state index in [1.54, 1.807) is 14.5 Å². The van der Waals surface area contributed by atoms with Crippen LogP contribution in [0.3, 0.4) is 0 Å². The zero-order chi connectivity index (χ0) is 28.9. The highest BCUT2D eigenvalue weighted by atomic mass is 35.5. The molecule has 0 radical (unpaired) electrons. The van der Waals surface area contributed by atoms with E-state index in [9.17, 15) is 13.6 Å². The fourth-order valence-corrected chi connectivity index (χ4v) is 5.03. The van der Waals surface area contributed by atoms with Crippen molar-refractivity contribution in [3.05, 3.63) is 70.8 Å². The van der Waals surface area contributed by atoms with Crippen LogP contribution in [0.1, 0.15) is 44.6 Å². The molecule has 0 saturated carbocycles. The minimum absolute atomic E-state index is 0.165. The van der Waals surface area contributed by atoms with E-state index in [-0.39, 0.29) is 30.4 Å². The monoisotopic (exact) mass is 574 g/mol. The normalized spacial score (nSPS) is 15.6. The van der Waals surface area contributed by atoms with E-state index >= 15 is 0 Å². The molecule has 1 aliphatic heterocycles. The highest BCUT2D eigenvalue weighted by Gasteiger charge is 2.40. The second kappa shape index (κ2) is 13.1. The molecule has 1 aromatic heterocycles. The SMILES string of the molecule is CC(C)(C)[C@H](c1nc(-c2cc(Cl)ccc2F)nn1Cc1ccccc1)N(CC[C@H](N)CF)C(=O)N1CCOCC1. The Labute approximate surface area is 239 Å². The lowest BCUT2D eigenvalue weighted by Crippen LogP contribution is -2.52. The van der Waals surface area contributed by atoms with Gasteiger partial charge in [-0.25, -0.2) is 23.2 Å². The van der Waals surface area contributed by atoms with E-state index in [1.165, 1.54) is 18.2 Å². The molecule has 8 nitrogen and oxygen atoms in total. The molecule has 2 heterocycles. The van der Waals surface area contributed by atoms with Crippen molar-refractivity contribution in [2.45, 2.75) is 45.8 Å². The van der Waals surface area contributed by atoms with E-state index in [2.05, 4.69) is 0 Å². The smallest absolute Gasteiger partial charge is 0.320 e. The minimum Gasteiger partial charge on any atom is -0.378 e. The topological polar surface area (TPSA) is 89.5 Å². The number of nitrogens with zero attached hydrogens (tertiary/aromatic N) is 5. The molecule has 2 amide bonds. The standard InChI is InChI=1S/C29H37ClF2N6O2/c1-29(2,3)25(37(12-11-22(33)18-31)28(39)36-13-15-40-16-14-36)27-34-26(23-17-21(30)9-10-24(23)32)35-38(27)19-20-7-5-4-6-8-20/h4-10,17,22,25H,11-16,18-19,33H2,1-3H3/t22-,25-/m0/s1. The Morgan fingerprint density at radius 3 is 2.52 bits per heavy atom. The maximum Gasteiger partial charge on any atom is 0.320 e. The Hall–Kier alpha value is -3.08. The molecule has 3 aromatic rings. The highest BCUT2D eigenvalue weighted by molar-refractivity contribution is 6.30. The van der Waals surface area contributed by atoms with Gasteiger partial charge in [-0.15, -0.1) is 0 Å². The zero-order valence-corrected chi connectivity index (χ0v) is 24.0. The van der Waals surface area contributed by atoms with Gasteiger partial charge in [0.15, 0.2) is 11.6 Å². The van der Waals surface area contributed by atoms with Crippen LogP contribution in [0.5, 0.6) is 0 Å². The molecule has 1 saturated heterocycles. The largest absolute Gasteiger partial charge is 0.378 e. The molecule has 11 heteroatoms. The number of urea groups is 1. The summed E-state index contributed by atoms with van der Waals surface area (Å²) < 4.78 is 35.5. The maximum atomic E-state index is 15.0. The molecular weight excluding hydrogens is 538 g/mol. The Kier molecular flexibility index (Phi) is 9.76. The summed E-state index contributed by atoms with van der Waals surface area (Å²) in [4.78, 5) is 22.3. The van der Waals surface area contributed by atoms with Crippen molar-refractivity contribution in [3.63, 3.8) is 0 Å². The van der Waals surface area contributed by atoms with Crippen LogP contribution in [0, 0.1) is 11.2 Å². The van der Waals surface area contributed by atoms with Crippen molar-refractivity contribution >= 4 is 17.6 Å². The number of rotatable bonds is 9. The number of hydrogen-bond acceptors (Lipinski definition) is 5. The molecular formula is C29H37ClF2N6O2. The molecule has 0 unspecified atom stereocenters. The Morgan fingerprint density at radius 2 is 1.88 bits per heavy atom. The fraction of sp³-hybridized carbons (Fsp3) is 0.483. The molecule has 0 bridgehead atoms. The number of benzene rings is 2. The number of carbonyl (C=O) groups is 1. The molecule has 2 N–H and O–H groups in total. The summed E-state index contributed by atoms with van der Waals surface area (Å²) in [7, 11) is 0. The van der Waals surface area contributed by atoms with E-state index < -0.39 is 30.0 Å². The third kappa shape index (κ3) is 7.16. The van der Waals surface area contributed by atoms with Gasteiger partial charge in [0.05, 0.1) is 31.4 Å². The number of aromatic nitrogens is 3. The van der Waals surface area contributed by atoms with Gasteiger partial charge in [0, 0.05) is 30.7 Å². The van der Waals surface area contributed by atoms with Gasteiger partial charge in [-0.05, 0) is 35.6 Å². The molecule has 2 aromatic carbocycles. The van der Waals surface area contributed by atoms with Gasteiger partial charge in [0.25, 0.3) is 0 Å². The highest BCUT2D eigenvalue weighted by Crippen LogP contribution is 2.39. The number of halogens is 3. The fourth-order valence-electron chi connectivity index (χ4n) is 4.86. The lowest BCUT2D eigenvalue weighted by Gasteiger charge is -2.42. The molecule has 1 aliphatic rings. The van der Waals surface area contributed by atoms with Crippen LogP contribution in [0.4, 0.5) is 13.6 Å².